The van der Waals surface area contributed by atoms with E-state index in [1.54, 1.807) is 0 Å². The Bertz CT molecular complexity index is 411. The van der Waals surface area contributed by atoms with Crippen LogP contribution >= 0.6 is 0 Å². The molecule has 0 aliphatic heterocycles. The van der Waals surface area contributed by atoms with Gasteiger partial charge in [0.25, 0.3) is 0 Å². The Morgan fingerprint density at radius 3 is 0.968 bits per heavy atom. The quantitative estimate of drug-likeness (QED) is 0.309. The van der Waals surface area contributed by atoms with Crippen LogP contribution in [-0.2, 0) is 0 Å². The molecule has 0 aromatic carbocycles. The van der Waals surface area contributed by atoms with Gasteiger partial charge in [-0.2, -0.15) is 0 Å². The molecule has 0 spiro atoms. The van der Waals surface area contributed by atoms with Crippen LogP contribution in [-0.4, -0.2) is 43.2 Å². The summed E-state index contributed by atoms with van der Waals surface area (Å²) in [4.78, 5) is 0. The van der Waals surface area contributed by atoms with Crippen LogP contribution in [0.5, 0.6) is 0 Å². The lowest BCUT2D eigenvalue weighted by Crippen LogP contribution is -2.61. The molecule has 0 aromatic rings. The van der Waals surface area contributed by atoms with Crippen molar-refractivity contribution in [1.82, 2.24) is 0 Å². The van der Waals surface area contributed by atoms with Crippen LogP contribution in [0.3, 0.4) is 0 Å². The van der Waals surface area contributed by atoms with E-state index < -0.39 is 17.7 Å². The zero-order valence-corrected chi connectivity index (χ0v) is 20.1. The van der Waals surface area contributed by atoms with E-state index in [0.29, 0.717) is 12.8 Å². The molecular formula is C26H52O5. The summed E-state index contributed by atoms with van der Waals surface area (Å²) in [6, 6.07) is 0. The van der Waals surface area contributed by atoms with Gasteiger partial charge in [0.15, 0.2) is 0 Å². The average molecular weight is 445 g/mol. The third-order valence-electron chi connectivity index (χ3n) is 7.06. The van der Waals surface area contributed by atoms with Gasteiger partial charge < -0.3 is 25.5 Å². The maximum Gasteiger partial charge on any atom is 0.245 e. The van der Waals surface area contributed by atoms with Crippen molar-refractivity contribution in [3.05, 3.63) is 0 Å². The van der Waals surface area contributed by atoms with E-state index in [0.717, 1.165) is 32.1 Å². The van der Waals surface area contributed by atoms with Gasteiger partial charge in [-0.15, -0.1) is 0 Å². The van der Waals surface area contributed by atoms with Crippen molar-refractivity contribution in [3.8, 4) is 0 Å². The molecule has 1 aliphatic carbocycles. The zero-order chi connectivity index (χ0) is 22.8. The highest BCUT2D eigenvalue weighted by Gasteiger charge is 2.51. The summed E-state index contributed by atoms with van der Waals surface area (Å²) in [6.07, 6.45) is 23.0. The third-order valence-corrected chi connectivity index (χ3v) is 7.06. The van der Waals surface area contributed by atoms with Gasteiger partial charge in [-0.1, -0.05) is 128 Å². The summed E-state index contributed by atoms with van der Waals surface area (Å²) in [5, 5.41) is 50.9. The molecule has 1 unspecified atom stereocenters. The van der Waals surface area contributed by atoms with E-state index >= 15 is 0 Å². The summed E-state index contributed by atoms with van der Waals surface area (Å²) >= 11 is 0. The molecule has 31 heavy (non-hydrogen) atoms. The minimum Gasteiger partial charge on any atom is -0.387 e. The van der Waals surface area contributed by atoms with Gasteiger partial charge in [-0.25, -0.2) is 0 Å². The van der Waals surface area contributed by atoms with Crippen LogP contribution in [0.2, 0.25) is 0 Å². The molecule has 1 aliphatic rings. The number of rotatable bonds is 0. The summed E-state index contributed by atoms with van der Waals surface area (Å²) in [7, 11) is 0. The largest absolute Gasteiger partial charge is 0.387 e. The Kier molecular flexibility index (Phi) is 16.1. The molecule has 0 saturated heterocycles. The first-order valence-corrected chi connectivity index (χ1v) is 13.5. The average Bonchev–Trinajstić information content (AvgIpc) is 2.73. The monoisotopic (exact) mass is 444 g/mol. The molecule has 0 radical (unpaired) electrons. The molecule has 1 rings (SSSR count). The molecule has 1 saturated carbocycles. The highest BCUT2D eigenvalue weighted by Crippen LogP contribution is 2.29. The lowest BCUT2D eigenvalue weighted by atomic mass is 9.91. The second-order valence-corrected chi connectivity index (χ2v) is 10.0. The summed E-state index contributed by atoms with van der Waals surface area (Å²) in [6.45, 7) is 0. The van der Waals surface area contributed by atoms with E-state index in [-0.39, 0.29) is 12.8 Å². The highest BCUT2D eigenvalue weighted by atomic mass is 16.6. The standard InChI is InChI=1S/C26H52O5/c27-24-22-20-18-16-14-12-10-8-6-4-2-1-3-5-7-9-11-13-15-17-19-21-23-25(28,29)26(24,30)31/h24,27-31H,1-23H2. The van der Waals surface area contributed by atoms with Crippen molar-refractivity contribution in [3.63, 3.8) is 0 Å². The third kappa shape index (κ3) is 13.2. The minimum atomic E-state index is -2.89. The Morgan fingerprint density at radius 1 is 0.387 bits per heavy atom. The topological polar surface area (TPSA) is 101 Å². The molecule has 1 fully saturated rings. The summed E-state index contributed by atoms with van der Waals surface area (Å²) in [5.41, 5.74) is 0. The Labute approximate surface area is 191 Å². The predicted octanol–water partition coefficient (Wildman–Crippen LogP) is 5.70. The zero-order valence-electron chi connectivity index (χ0n) is 20.1. The fourth-order valence-corrected chi connectivity index (χ4v) is 4.72. The van der Waals surface area contributed by atoms with E-state index in [9.17, 15) is 25.5 Å². The Hall–Kier alpha value is -0.200. The first-order chi connectivity index (χ1) is 14.9. The van der Waals surface area contributed by atoms with Crippen molar-refractivity contribution >= 4 is 0 Å². The molecule has 5 heteroatoms. The highest BCUT2D eigenvalue weighted by molar-refractivity contribution is 4.88. The van der Waals surface area contributed by atoms with Crippen LogP contribution in [0.25, 0.3) is 0 Å². The van der Waals surface area contributed by atoms with Gasteiger partial charge in [-0.3, -0.25) is 0 Å². The number of hydrogen-bond donors (Lipinski definition) is 5. The van der Waals surface area contributed by atoms with Crippen LogP contribution in [0.1, 0.15) is 148 Å². The SMILES string of the molecule is OC1CCCCCCCCCCCCCCCCCCCCCCCC(O)(O)C1(O)O. The lowest BCUT2D eigenvalue weighted by molar-refractivity contribution is -0.386. The summed E-state index contributed by atoms with van der Waals surface area (Å²) in [5.74, 6) is -5.57. The van der Waals surface area contributed by atoms with Gasteiger partial charge in [0.1, 0.15) is 6.10 Å². The summed E-state index contributed by atoms with van der Waals surface area (Å²) < 4.78 is 0. The maximum atomic E-state index is 10.2. The molecule has 5 nitrogen and oxygen atoms in total. The molecule has 0 heterocycles. The van der Waals surface area contributed by atoms with Gasteiger partial charge in [-0.05, 0) is 12.8 Å². The van der Waals surface area contributed by atoms with Gasteiger partial charge in [0.2, 0.25) is 11.6 Å². The molecule has 186 valence electrons. The minimum absolute atomic E-state index is 0.142. The molecule has 5 N–H and O–H groups in total. The smallest absolute Gasteiger partial charge is 0.245 e. The molecular weight excluding hydrogens is 392 g/mol. The normalized spacial score (nSPS) is 28.0. The molecule has 0 aromatic heterocycles. The fraction of sp³-hybridized carbons (Fsp3) is 1.00. The van der Waals surface area contributed by atoms with Crippen molar-refractivity contribution in [2.45, 2.75) is 165 Å². The fourth-order valence-electron chi connectivity index (χ4n) is 4.72. The molecule has 0 amide bonds. The lowest BCUT2D eigenvalue weighted by Gasteiger charge is -2.38. The molecule has 0 bridgehead atoms. The van der Waals surface area contributed by atoms with Crippen LogP contribution in [0.15, 0.2) is 0 Å². The van der Waals surface area contributed by atoms with Gasteiger partial charge in [0, 0.05) is 6.42 Å². The van der Waals surface area contributed by atoms with E-state index in [4.69, 9.17) is 0 Å². The van der Waals surface area contributed by atoms with E-state index in [1.165, 1.54) is 89.9 Å². The van der Waals surface area contributed by atoms with Crippen LogP contribution in [0.4, 0.5) is 0 Å². The van der Waals surface area contributed by atoms with Crippen LogP contribution in [0, 0.1) is 0 Å². The maximum absolute atomic E-state index is 10.2. The second-order valence-electron chi connectivity index (χ2n) is 10.0. The van der Waals surface area contributed by atoms with Crippen LogP contribution < -0.4 is 0 Å². The number of aliphatic hydroxyl groups excluding tert-OH is 1. The first-order valence-electron chi connectivity index (χ1n) is 13.5. The van der Waals surface area contributed by atoms with E-state index in [1.807, 2.05) is 0 Å². The molecule has 1 atom stereocenters. The van der Waals surface area contributed by atoms with E-state index in [2.05, 4.69) is 0 Å². The second kappa shape index (κ2) is 17.3. The van der Waals surface area contributed by atoms with Gasteiger partial charge >= 0.3 is 0 Å². The number of hydrogen-bond acceptors (Lipinski definition) is 5. The van der Waals surface area contributed by atoms with Crippen molar-refractivity contribution in [1.29, 1.82) is 0 Å². The van der Waals surface area contributed by atoms with Crippen molar-refractivity contribution in [2.75, 3.05) is 0 Å². The van der Waals surface area contributed by atoms with Crippen molar-refractivity contribution < 1.29 is 25.5 Å². The number of aliphatic hydroxyl groups is 5. The Morgan fingerprint density at radius 2 is 0.645 bits per heavy atom. The van der Waals surface area contributed by atoms with Crippen molar-refractivity contribution in [2.24, 2.45) is 0 Å². The van der Waals surface area contributed by atoms with Gasteiger partial charge in [0.05, 0.1) is 0 Å². The first kappa shape index (κ1) is 28.8. The predicted molar refractivity (Wildman–Crippen MR) is 127 cm³/mol. The Balaban J connectivity index is 2.37.